The smallest absolute Gasteiger partial charge is 0.269 e. The van der Waals surface area contributed by atoms with Crippen molar-refractivity contribution in [2.45, 2.75) is 13.0 Å². The summed E-state index contributed by atoms with van der Waals surface area (Å²) in [5.74, 6) is -0.382. The molecule has 2 rings (SSSR count). The van der Waals surface area contributed by atoms with Gasteiger partial charge in [-0.1, -0.05) is 24.3 Å². The average Bonchev–Trinajstić information content (AvgIpc) is 2.52. The molecule has 1 heterocycles. The molecule has 1 atom stereocenters. The Labute approximate surface area is 122 Å². The Kier molecular flexibility index (Phi) is 4.64. The average molecular weight is 281 g/mol. The van der Waals surface area contributed by atoms with Crippen molar-refractivity contribution in [2.24, 2.45) is 0 Å². The molecule has 1 aromatic heterocycles. The Morgan fingerprint density at radius 3 is 2.76 bits per heavy atom. The number of nitrogens with zero attached hydrogens (tertiary/aromatic N) is 2. The van der Waals surface area contributed by atoms with Crippen LogP contribution in [0.4, 0.5) is 0 Å². The minimum Gasteiger partial charge on any atom is -0.387 e. The van der Waals surface area contributed by atoms with Crippen LogP contribution in [-0.2, 0) is 0 Å². The van der Waals surface area contributed by atoms with Crippen molar-refractivity contribution in [1.82, 2.24) is 10.3 Å². The Hall–Kier alpha value is -2.71. The minimum absolute atomic E-state index is 0.103. The number of aryl methyl sites for hydroxylation is 1. The summed E-state index contributed by atoms with van der Waals surface area (Å²) in [5, 5.41) is 21.4. The van der Waals surface area contributed by atoms with E-state index in [1.807, 2.05) is 37.3 Å². The first-order valence-corrected chi connectivity index (χ1v) is 6.49. The van der Waals surface area contributed by atoms with Crippen LogP contribution in [0.3, 0.4) is 0 Å². The summed E-state index contributed by atoms with van der Waals surface area (Å²) in [4.78, 5) is 15.8. The van der Waals surface area contributed by atoms with Gasteiger partial charge < -0.3 is 10.4 Å². The van der Waals surface area contributed by atoms with E-state index in [0.717, 1.165) is 11.1 Å². The number of pyridine rings is 1. The molecule has 2 N–H and O–H groups in total. The van der Waals surface area contributed by atoms with E-state index in [1.54, 1.807) is 0 Å². The topological polar surface area (TPSA) is 86.0 Å². The van der Waals surface area contributed by atoms with Crippen LogP contribution in [0, 0.1) is 18.3 Å². The number of nitriles is 1. The highest BCUT2D eigenvalue weighted by molar-refractivity contribution is 5.92. The zero-order valence-electron chi connectivity index (χ0n) is 11.6. The number of hydrogen-bond donors (Lipinski definition) is 2. The summed E-state index contributed by atoms with van der Waals surface area (Å²) in [5.41, 5.74) is 2.36. The molecule has 5 heteroatoms. The van der Waals surface area contributed by atoms with E-state index in [-0.39, 0.29) is 18.1 Å². The lowest BCUT2D eigenvalue weighted by molar-refractivity contribution is 0.0911. The van der Waals surface area contributed by atoms with Crippen molar-refractivity contribution in [2.75, 3.05) is 6.54 Å². The lowest BCUT2D eigenvalue weighted by atomic mass is 10.0. The van der Waals surface area contributed by atoms with Crippen LogP contribution in [0.1, 0.15) is 33.3 Å². The summed E-state index contributed by atoms with van der Waals surface area (Å²) in [6.45, 7) is 2.01. The monoisotopic (exact) mass is 281 g/mol. The van der Waals surface area contributed by atoms with Crippen molar-refractivity contribution in [3.8, 4) is 6.07 Å². The van der Waals surface area contributed by atoms with Gasteiger partial charge in [-0.2, -0.15) is 5.26 Å². The summed E-state index contributed by atoms with van der Waals surface area (Å²) in [6.07, 6.45) is 0.570. The van der Waals surface area contributed by atoms with Crippen LogP contribution < -0.4 is 5.32 Å². The van der Waals surface area contributed by atoms with Crippen LogP contribution in [-0.4, -0.2) is 22.5 Å². The maximum Gasteiger partial charge on any atom is 0.269 e. The first-order chi connectivity index (χ1) is 10.1. The highest BCUT2D eigenvalue weighted by Gasteiger charge is 2.13. The molecule has 0 bridgehead atoms. The number of benzene rings is 1. The molecule has 0 aliphatic heterocycles. The standard InChI is InChI=1S/C16H15N3O2/c1-11-4-2-3-5-13(11)15(20)10-19-16(21)14-7-6-12(8-17)9-18-14/h2-7,9,15,20H,10H2,1H3,(H,19,21). The van der Waals surface area contributed by atoms with Gasteiger partial charge in [-0.15, -0.1) is 0 Å². The molecule has 0 spiro atoms. The third-order valence-corrected chi connectivity index (χ3v) is 3.13. The Balaban J connectivity index is 1.97. The Morgan fingerprint density at radius 2 is 2.14 bits per heavy atom. The van der Waals surface area contributed by atoms with Gasteiger partial charge in [0.1, 0.15) is 11.8 Å². The van der Waals surface area contributed by atoms with Crippen LogP contribution in [0.2, 0.25) is 0 Å². The first kappa shape index (κ1) is 14.7. The zero-order chi connectivity index (χ0) is 15.2. The zero-order valence-corrected chi connectivity index (χ0v) is 11.6. The van der Waals surface area contributed by atoms with E-state index < -0.39 is 6.10 Å². The van der Waals surface area contributed by atoms with Gasteiger partial charge in [-0.05, 0) is 30.2 Å². The van der Waals surface area contributed by atoms with E-state index in [2.05, 4.69) is 10.3 Å². The third kappa shape index (κ3) is 3.65. The van der Waals surface area contributed by atoms with Crippen LogP contribution in [0.5, 0.6) is 0 Å². The van der Waals surface area contributed by atoms with Gasteiger partial charge in [0.2, 0.25) is 0 Å². The molecule has 21 heavy (non-hydrogen) atoms. The number of carbonyl (C=O) groups is 1. The van der Waals surface area contributed by atoms with Gasteiger partial charge in [-0.3, -0.25) is 4.79 Å². The van der Waals surface area contributed by atoms with Crippen molar-refractivity contribution >= 4 is 5.91 Å². The molecular formula is C16H15N3O2. The second-order valence-corrected chi connectivity index (χ2v) is 4.63. The Bertz CT molecular complexity index is 675. The number of carbonyl (C=O) groups excluding carboxylic acids is 1. The van der Waals surface area contributed by atoms with Crippen LogP contribution in [0.25, 0.3) is 0 Å². The number of aliphatic hydroxyl groups is 1. The molecule has 2 aromatic rings. The fraction of sp³-hybridized carbons (Fsp3) is 0.188. The molecule has 1 unspecified atom stereocenters. The Morgan fingerprint density at radius 1 is 1.38 bits per heavy atom. The molecular weight excluding hydrogens is 266 g/mol. The molecule has 0 saturated carbocycles. The predicted molar refractivity (Wildman–Crippen MR) is 77.4 cm³/mol. The second-order valence-electron chi connectivity index (χ2n) is 4.63. The van der Waals surface area contributed by atoms with Crippen molar-refractivity contribution in [3.05, 3.63) is 65.0 Å². The molecule has 0 aliphatic rings. The van der Waals surface area contributed by atoms with Crippen LogP contribution in [0.15, 0.2) is 42.6 Å². The van der Waals surface area contributed by atoms with E-state index in [9.17, 15) is 9.90 Å². The second kappa shape index (κ2) is 6.64. The van der Waals surface area contributed by atoms with Crippen LogP contribution >= 0.6 is 0 Å². The predicted octanol–water partition coefficient (Wildman–Crippen LogP) is 1.73. The van der Waals surface area contributed by atoms with Gasteiger partial charge >= 0.3 is 0 Å². The van der Waals surface area contributed by atoms with E-state index in [0.29, 0.717) is 5.56 Å². The first-order valence-electron chi connectivity index (χ1n) is 6.49. The van der Waals surface area contributed by atoms with Crippen molar-refractivity contribution in [1.29, 1.82) is 5.26 Å². The van der Waals surface area contributed by atoms with Gasteiger partial charge in [0.15, 0.2) is 0 Å². The fourth-order valence-corrected chi connectivity index (χ4v) is 1.94. The third-order valence-electron chi connectivity index (χ3n) is 3.13. The lowest BCUT2D eigenvalue weighted by Gasteiger charge is -2.14. The lowest BCUT2D eigenvalue weighted by Crippen LogP contribution is -2.29. The highest BCUT2D eigenvalue weighted by Crippen LogP contribution is 2.16. The number of rotatable bonds is 4. The molecule has 106 valence electrons. The molecule has 5 nitrogen and oxygen atoms in total. The summed E-state index contributed by atoms with van der Waals surface area (Å²) < 4.78 is 0. The molecule has 1 aromatic carbocycles. The molecule has 0 aliphatic carbocycles. The number of hydrogen-bond acceptors (Lipinski definition) is 4. The summed E-state index contributed by atoms with van der Waals surface area (Å²) in [7, 11) is 0. The van der Waals surface area contributed by atoms with E-state index in [4.69, 9.17) is 5.26 Å². The largest absolute Gasteiger partial charge is 0.387 e. The molecule has 0 saturated heterocycles. The van der Waals surface area contributed by atoms with E-state index >= 15 is 0 Å². The quantitative estimate of drug-likeness (QED) is 0.893. The molecule has 1 amide bonds. The van der Waals surface area contributed by atoms with Gasteiger partial charge in [-0.25, -0.2) is 4.98 Å². The molecule has 0 fully saturated rings. The highest BCUT2D eigenvalue weighted by atomic mass is 16.3. The fourth-order valence-electron chi connectivity index (χ4n) is 1.94. The minimum atomic E-state index is -0.770. The van der Waals surface area contributed by atoms with Crippen molar-refractivity contribution in [3.63, 3.8) is 0 Å². The number of aliphatic hydroxyl groups excluding tert-OH is 1. The molecule has 0 radical (unpaired) electrons. The maximum atomic E-state index is 11.9. The number of nitrogens with one attached hydrogen (secondary N) is 1. The van der Waals surface area contributed by atoms with E-state index in [1.165, 1.54) is 18.3 Å². The van der Waals surface area contributed by atoms with Gasteiger partial charge in [0, 0.05) is 12.7 Å². The normalized spacial score (nSPS) is 11.5. The number of aromatic nitrogens is 1. The van der Waals surface area contributed by atoms with Gasteiger partial charge in [0.25, 0.3) is 5.91 Å². The number of amides is 1. The summed E-state index contributed by atoms with van der Waals surface area (Å²) >= 11 is 0. The van der Waals surface area contributed by atoms with Crippen molar-refractivity contribution < 1.29 is 9.90 Å². The van der Waals surface area contributed by atoms with Gasteiger partial charge in [0.05, 0.1) is 11.7 Å². The summed E-state index contributed by atoms with van der Waals surface area (Å²) in [6, 6.07) is 12.4. The SMILES string of the molecule is Cc1ccccc1C(O)CNC(=O)c1ccc(C#N)cn1. The maximum absolute atomic E-state index is 11.9.